The predicted octanol–water partition coefficient (Wildman–Crippen LogP) is 2.05. The summed E-state index contributed by atoms with van der Waals surface area (Å²) in [5, 5.41) is 17.2. The van der Waals surface area contributed by atoms with Crippen molar-refractivity contribution in [1.29, 1.82) is 0 Å². The van der Waals surface area contributed by atoms with Gasteiger partial charge < -0.3 is 20.6 Å². The Morgan fingerprint density at radius 2 is 1.87 bits per heavy atom. The quantitative estimate of drug-likeness (QED) is 0.577. The summed E-state index contributed by atoms with van der Waals surface area (Å²) >= 11 is 0. The van der Waals surface area contributed by atoms with Crippen LogP contribution in [0.25, 0.3) is 0 Å². The lowest BCUT2D eigenvalue weighted by Crippen LogP contribution is -2.63. The van der Waals surface area contributed by atoms with Gasteiger partial charge >= 0.3 is 0 Å². The van der Waals surface area contributed by atoms with Crippen molar-refractivity contribution < 1.29 is 14.7 Å². The summed E-state index contributed by atoms with van der Waals surface area (Å²) in [7, 11) is 0. The Bertz CT molecular complexity index is 871. The molecule has 1 aliphatic rings. The summed E-state index contributed by atoms with van der Waals surface area (Å²) in [5.74, 6) is -0.365. The van der Waals surface area contributed by atoms with Gasteiger partial charge in [-0.25, -0.2) is 0 Å². The molecule has 0 aromatic heterocycles. The first-order valence-corrected chi connectivity index (χ1v) is 11.1. The molecule has 2 aromatic rings. The van der Waals surface area contributed by atoms with Crippen LogP contribution in [0.3, 0.4) is 0 Å². The van der Waals surface area contributed by atoms with E-state index in [2.05, 4.69) is 29.7 Å². The maximum absolute atomic E-state index is 13.1. The van der Waals surface area contributed by atoms with Crippen molar-refractivity contribution in [2.24, 2.45) is 0 Å². The Labute approximate surface area is 184 Å². The molecule has 3 rings (SSSR count). The van der Waals surface area contributed by atoms with Crippen LogP contribution in [0, 0.1) is 0 Å². The standard InChI is InChI=1S/C25H33N3O3/c1-3-8-19-11-7-12-21(15-19)16-22(27-18(2)29)24(30)23-25(31)28(14-13-26-23)17-20-9-5-4-6-10-20/h4-7,9-12,15,22-24,26,30H,3,8,13-14,16-17H2,1-2H3,(H,27,29)/t22-,23-,24-/m0/s1. The van der Waals surface area contributed by atoms with Crippen LogP contribution in [0.15, 0.2) is 54.6 Å². The van der Waals surface area contributed by atoms with Crippen LogP contribution in [0.2, 0.25) is 0 Å². The molecule has 1 aliphatic heterocycles. The number of nitrogens with one attached hydrogen (secondary N) is 2. The van der Waals surface area contributed by atoms with E-state index in [4.69, 9.17) is 0 Å². The van der Waals surface area contributed by atoms with E-state index in [0.29, 0.717) is 26.1 Å². The molecule has 1 saturated heterocycles. The summed E-state index contributed by atoms with van der Waals surface area (Å²) in [6.07, 6.45) is 1.46. The molecule has 0 unspecified atom stereocenters. The number of carbonyl (C=O) groups is 2. The number of rotatable bonds is 9. The second-order valence-corrected chi connectivity index (χ2v) is 8.25. The zero-order chi connectivity index (χ0) is 22.2. The molecule has 1 fully saturated rings. The van der Waals surface area contributed by atoms with Gasteiger partial charge in [0.25, 0.3) is 0 Å². The molecule has 2 amide bonds. The average Bonchev–Trinajstić information content (AvgIpc) is 2.75. The van der Waals surface area contributed by atoms with Crippen molar-refractivity contribution in [1.82, 2.24) is 15.5 Å². The number of hydrogen-bond acceptors (Lipinski definition) is 4. The number of aliphatic hydroxyl groups is 1. The molecule has 0 saturated carbocycles. The zero-order valence-corrected chi connectivity index (χ0v) is 18.4. The molecule has 6 heteroatoms. The van der Waals surface area contributed by atoms with Crippen LogP contribution >= 0.6 is 0 Å². The SMILES string of the molecule is CCCc1cccc(C[C@H](NC(C)=O)[C@H](O)[C@@H]2NCCN(Cc3ccccc3)C2=O)c1. The Kier molecular flexibility index (Phi) is 8.20. The third-order valence-corrected chi connectivity index (χ3v) is 5.67. The molecule has 0 spiro atoms. The van der Waals surface area contributed by atoms with Gasteiger partial charge in [0.15, 0.2) is 0 Å². The largest absolute Gasteiger partial charge is 0.389 e. The summed E-state index contributed by atoms with van der Waals surface area (Å²) in [6.45, 7) is 5.26. The molecule has 2 aromatic carbocycles. The highest BCUT2D eigenvalue weighted by atomic mass is 16.3. The molecule has 6 nitrogen and oxygen atoms in total. The lowest BCUT2D eigenvalue weighted by Gasteiger charge is -2.38. The predicted molar refractivity (Wildman–Crippen MR) is 121 cm³/mol. The molecule has 166 valence electrons. The molecule has 3 atom stereocenters. The third kappa shape index (κ3) is 6.39. The average molecular weight is 424 g/mol. The zero-order valence-electron chi connectivity index (χ0n) is 18.4. The van der Waals surface area contributed by atoms with E-state index in [0.717, 1.165) is 24.0 Å². The van der Waals surface area contributed by atoms with Gasteiger partial charge in [-0.1, -0.05) is 67.9 Å². The minimum atomic E-state index is -1.04. The van der Waals surface area contributed by atoms with Gasteiger partial charge in [-0.15, -0.1) is 0 Å². The lowest BCUT2D eigenvalue weighted by molar-refractivity contribution is -0.141. The smallest absolute Gasteiger partial charge is 0.242 e. The van der Waals surface area contributed by atoms with Gasteiger partial charge in [-0.2, -0.15) is 0 Å². The number of amides is 2. The first-order chi connectivity index (χ1) is 15.0. The first kappa shape index (κ1) is 23.0. The molecular weight excluding hydrogens is 390 g/mol. The number of piperazine rings is 1. The normalized spacial score (nSPS) is 18.5. The molecule has 3 N–H and O–H groups in total. The van der Waals surface area contributed by atoms with E-state index in [1.54, 1.807) is 4.90 Å². The fourth-order valence-corrected chi connectivity index (χ4v) is 4.18. The molecular formula is C25H33N3O3. The monoisotopic (exact) mass is 423 g/mol. The summed E-state index contributed by atoms with van der Waals surface area (Å²) in [5.41, 5.74) is 3.32. The van der Waals surface area contributed by atoms with E-state index in [1.807, 2.05) is 42.5 Å². The highest BCUT2D eigenvalue weighted by Gasteiger charge is 2.38. The number of carbonyl (C=O) groups excluding carboxylic acids is 2. The highest BCUT2D eigenvalue weighted by Crippen LogP contribution is 2.16. The third-order valence-electron chi connectivity index (χ3n) is 5.67. The molecule has 0 radical (unpaired) electrons. The maximum atomic E-state index is 13.1. The fraction of sp³-hybridized carbons (Fsp3) is 0.440. The lowest BCUT2D eigenvalue weighted by atomic mass is 9.93. The van der Waals surface area contributed by atoms with Crippen molar-refractivity contribution in [3.63, 3.8) is 0 Å². The van der Waals surface area contributed by atoms with E-state index in [-0.39, 0.29) is 11.8 Å². The van der Waals surface area contributed by atoms with E-state index in [9.17, 15) is 14.7 Å². The van der Waals surface area contributed by atoms with Gasteiger partial charge in [0.1, 0.15) is 6.04 Å². The van der Waals surface area contributed by atoms with Crippen LogP contribution in [0.4, 0.5) is 0 Å². The number of hydrogen-bond donors (Lipinski definition) is 3. The van der Waals surface area contributed by atoms with Crippen molar-refractivity contribution in [2.75, 3.05) is 13.1 Å². The molecule has 0 aliphatic carbocycles. The topological polar surface area (TPSA) is 81.7 Å². The summed E-state index contributed by atoms with van der Waals surface area (Å²) in [6, 6.07) is 16.7. The second-order valence-electron chi connectivity index (χ2n) is 8.25. The number of aliphatic hydroxyl groups excluding tert-OH is 1. The molecule has 31 heavy (non-hydrogen) atoms. The van der Waals surface area contributed by atoms with Gasteiger partial charge in [0.2, 0.25) is 11.8 Å². The van der Waals surface area contributed by atoms with Crippen molar-refractivity contribution in [3.05, 3.63) is 71.3 Å². The van der Waals surface area contributed by atoms with Crippen molar-refractivity contribution >= 4 is 11.8 Å². The van der Waals surface area contributed by atoms with Gasteiger partial charge in [-0.05, 0) is 29.5 Å². The Morgan fingerprint density at radius 1 is 1.16 bits per heavy atom. The number of benzene rings is 2. The second kappa shape index (κ2) is 11.1. The highest BCUT2D eigenvalue weighted by molar-refractivity contribution is 5.83. The maximum Gasteiger partial charge on any atom is 0.242 e. The Morgan fingerprint density at radius 3 is 2.58 bits per heavy atom. The van der Waals surface area contributed by atoms with Gasteiger partial charge in [0, 0.05) is 26.6 Å². The Hall–Kier alpha value is -2.70. The minimum Gasteiger partial charge on any atom is -0.389 e. The van der Waals surface area contributed by atoms with E-state index < -0.39 is 18.2 Å². The van der Waals surface area contributed by atoms with Gasteiger partial charge in [0.05, 0.1) is 12.1 Å². The first-order valence-electron chi connectivity index (χ1n) is 11.1. The summed E-state index contributed by atoms with van der Waals surface area (Å²) < 4.78 is 0. The van der Waals surface area contributed by atoms with Crippen LogP contribution in [-0.2, 0) is 29.0 Å². The number of nitrogens with zero attached hydrogens (tertiary/aromatic N) is 1. The van der Waals surface area contributed by atoms with E-state index in [1.165, 1.54) is 12.5 Å². The Balaban J connectivity index is 1.73. The van der Waals surface area contributed by atoms with Crippen molar-refractivity contribution in [2.45, 2.75) is 57.8 Å². The molecule has 1 heterocycles. The van der Waals surface area contributed by atoms with Crippen LogP contribution in [-0.4, -0.2) is 53.1 Å². The fourth-order valence-electron chi connectivity index (χ4n) is 4.18. The van der Waals surface area contributed by atoms with Crippen LogP contribution in [0.5, 0.6) is 0 Å². The van der Waals surface area contributed by atoms with Crippen molar-refractivity contribution in [3.8, 4) is 0 Å². The van der Waals surface area contributed by atoms with Gasteiger partial charge in [-0.3, -0.25) is 9.59 Å². The molecule has 0 bridgehead atoms. The van der Waals surface area contributed by atoms with E-state index >= 15 is 0 Å². The van der Waals surface area contributed by atoms with Crippen LogP contribution in [0.1, 0.15) is 37.0 Å². The van der Waals surface area contributed by atoms with Crippen LogP contribution < -0.4 is 10.6 Å². The summed E-state index contributed by atoms with van der Waals surface area (Å²) in [4.78, 5) is 26.8. The minimum absolute atomic E-state index is 0.141. The number of aryl methyl sites for hydroxylation is 1.